The highest BCUT2D eigenvalue weighted by Crippen LogP contribution is 2.23. The zero-order chi connectivity index (χ0) is 33.3. The minimum atomic E-state index is -0.468. The number of nitrogens with zero attached hydrogens (tertiary/aromatic N) is 5. The van der Waals surface area contributed by atoms with E-state index in [1.54, 1.807) is 0 Å². The summed E-state index contributed by atoms with van der Waals surface area (Å²) in [6.07, 6.45) is 2.83. The van der Waals surface area contributed by atoms with E-state index in [0.29, 0.717) is 43.2 Å². The summed E-state index contributed by atoms with van der Waals surface area (Å²) in [7, 11) is 0. The maximum Gasteiger partial charge on any atom is 0.407 e. The van der Waals surface area contributed by atoms with Crippen molar-refractivity contribution in [1.29, 1.82) is 0 Å². The van der Waals surface area contributed by atoms with Gasteiger partial charge in [-0.25, -0.2) is 14.6 Å². The second-order valence-electron chi connectivity index (χ2n) is 10.6. The number of hydrogen-bond donors (Lipinski definition) is 4. The van der Waals surface area contributed by atoms with E-state index in [0.717, 1.165) is 31.4 Å². The number of nitro groups is 1. The smallest absolute Gasteiger partial charge is 0.407 e. The van der Waals surface area contributed by atoms with Gasteiger partial charge < -0.3 is 20.3 Å². The molecule has 246 valence electrons. The van der Waals surface area contributed by atoms with Gasteiger partial charge in [0.25, 0.3) is 11.2 Å². The molecule has 0 spiro atoms. The van der Waals surface area contributed by atoms with Crippen molar-refractivity contribution in [3.8, 4) is 0 Å². The number of unbranched alkanes of at least 4 members (excludes halogenated alkanes) is 3. The number of benzene rings is 2. The number of carbonyl (C=O) groups excluding carboxylic acids is 2. The van der Waals surface area contributed by atoms with Crippen LogP contribution in [-0.2, 0) is 4.74 Å². The van der Waals surface area contributed by atoms with Gasteiger partial charge in [0, 0.05) is 43.5 Å². The number of alkyl carbamates (subject to hydrolysis) is 1. The van der Waals surface area contributed by atoms with Crippen molar-refractivity contribution in [2.75, 3.05) is 43.0 Å². The molecule has 0 aliphatic rings. The van der Waals surface area contributed by atoms with Crippen LogP contribution < -0.4 is 26.4 Å². The fraction of sp³-hybridized carbons (Fsp3) is 0.419. The van der Waals surface area contributed by atoms with Crippen LogP contribution in [0.2, 0.25) is 0 Å². The highest BCUT2D eigenvalue weighted by Gasteiger charge is 2.09. The summed E-state index contributed by atoms with van der Waals surface area (Å²) in [4.78, 5) is 55.0. The van der Waals surface area contributed by atoms with Crippen molar-refractivity contribution >= 4 is 40.8 Å². The molecular weight excluding hydrogens is 594 g/mol. The Labute approximate surface area is 267 Å². The summed E-state index contributed by atoms with van der Waals surface area (Å²) in [5.74, 6) is 0.181. The van der Waals surface area contributed by atoms with Gasteiger partial charge >= 0.3 is 12.1 Å². The summed E-state index contributed by atoms with van der Waals surface area (Å²) in [5.41, 5.74) is 2.37. The van der Waals surface area contributed by atoms with E-state index in [4.69, 9.17) is 4.74 Å². The Morgan fingerprint density at radius 2 is 1.59 bits per heavy atom. The highest BCUT2D eigenvalue weighted by atomic mass is 16.6. The number of aromatic amines is 1. The third kappa shape index (κ3) is 12.3. The van der Waals surface area contributed by atoms with Crippen molar-refractivity contribution in [3.05, 3.63) is 80.8 Å². The van der Waals surface area contributed by atoms with Crippen molar-refractivity contribution < 1.29 is 19.2 Å². The first-order chi connectivity index (χ1) is 22.1. The second-order valence-corrected chi connectivity index (χ2v) is 10.6. The number of nitrogens with one attached hydrogen (secondary N) is 4. The fourth-order valence-electron chi connectivity index (χ4n) is 4.23. The minimum Gasteiger partial charge on any atom is -0.448 e. The van der Waals surface area contributed by atoms with Crippen molar-refractivity contribution in [2.24, 2.45) is 10.2 Å². The highest BCUT2D eigenvalue weighted by molar-refractivity contribution is 5.87. The van der Waals surface area contributed by atoms with E-state index in [1.807, 2.05) is 45.0 Å². The lowest BCUT2D eigenvalue weighted by atomic mass is 10.1. The van der Waals surface area contributed by atoms with Crippen LogP contribution in [0, 0.1) is 10.1 Å². The fourth-order valence-corrected chi connectivity index (χ4v) is 4.23. The first-order valence-electron chi connectivity index (χ1n) is 15.2. The maximum absolute atomic E-state index is 12.1. The predicted octanol–water partition coefficient (Wildman–Crippen LogP) is 6.15. The molecule has 4 N–H and O–H groups in total. The first-order valence-corrected chi connectivity index (χ1v) is 15.2. The van der Waals surface area contributed by atoms with Crippen LogP contribution in [0.15, 0.2) is 69.6 Å². The van der Waals surface area contributed by atoms with Crippen LogP contribution >= 0.6 is 0 Å². The Kier molecular flexibility index (Phi) is 14.1. The van der Waals surface area contributed by atoms with E-state index in [1.165, 1.54) is 30.3 Å². The Morgan fingerprint density at radius 3 is 2.17 bits per heavy atom. The van der Waals surface area contributed by atoms with Crippen LogP contribution in [0.1, 0.15) is 58.1 Å². The molecule has 3 amide bonds. The summed E-state index contributed by atoms with van der Waals surface area (Å²) in [6, 6.07) is 14.2. The van der Waals surface area contributed by atoms with Crippen LogP contribution in [0.5, 0.6) is 0 Å². The molecule has 0 aliphatic carbocycles. The third-order valence-corrected chi connectivity index (χ3v) is 6.78. The second kappa shape index (κ2) is 18.5. The number of anilines is 2. The summed E-state index contributed by atoms with van der Waals surface area (Å²) < 4.78 is 5.33. The lowest BCUT2D eigenvalue weighted by molar-refractivity contribution is -0.384. The molecule has 0 bridgehead atoms. The Morgan fingerprint density at radius 1 is 0.978 bits per heavy atom. The van der Waals surface area contributed by atoms with Gasteiger partial charge in [0.1, 0.15) is 6.61 Å². The van der Waals surface area contributed by atoms with E-state index in [-0.39, 0.29) is 29.7 Å². The number of nitro benzene ring substituents is 1. The molecule has 0 radical (unpaired) electrons. The average Bonchev–Trinajstić information content (AvgIpc) is 3.03. The minimum absolute atomic E-state index is 0.00528. The molecular formula is C31H41N9O6. The van der Waals surface area contributed by atoms with Crippen LogP contribution in [0.3, 0.4) is 0 Å². The molecule has 0 atom stereocenters. The predicted molar refractivity (Wildman–Crippen MR) is 175 cm³/mol. The molecule has 1 heterocycles. The van der Waals surface area contributed by atoms with Crippen LogP contribution in [-0.4, -0.2) is 59.8 Å². The van der Waals surface area contributed by atoms with E-state index in [2.05, 4.69) is 41.0 Å². The average molecular weight is 636 g/mol. The number of azo groups is 1. The lowest BCUT2D eigenvalue weighted by Gasteiger charge is -2.23. The van der Waals surface area contributed by atoms with E-state index >= 15 is 0 Å². The first kappa shape index (κ1) is 35.1. The quantitative estimate of drug-likeness (QED) is 0.0586. The topological polar surface area (TPSA) is 196 Å². The Hall–Kier alpha value is -5.34. The van der Waals surface area contributed by atoms with Gasteiger partial charge in [-0.1, -0.05) is 26.7 Å². The molecule has 15 nitrogen and oxygen atoms in total. The molecule has 0 saturated heterocycles. The van der Waals surface area contributed by atoms with Crippen LogP contribution in [0.4, 0.5) is 38.3 Å². The van der Waals surface area contributed by atoms with Gasteiger partial charge in [-0.3, -0.25) is 25.2 Å². The molecule has 0 fully saturated rings. The van der Waals surface area contributed by atoms with Gasteiger partial charge in [-0.2, -0.15) is 10.2 Å². The Bertz CT molecular complexity index is 1510. The number of ether oxygens (including phenoxy) is 1. The number of H-pyrrole nitrogens is 1. The summed E-state index contributed by atoms with van der Waals surface area (Å²) >= 11 is 0. The number of likely N-dealkylation sites (N-methyl/N-ethyl adjacent to an activating group) is 1. The largest absolute Gasteiger partial charge is 0.448 e. The Balaban J connectivity index is 1.25. The number of rotatable bonds is 17. The summed E-state index contributed by atoms with van der Waals surface area (Å²) in [5, 5.41) is 27.1. The number of non-ortho nitro benzene ring substituents is 1. The van der Waals surface area contributed by atoms with Crippen molar-refractivity contribution in [1.82, 2.24) is 20.6 Å². The number of hydrogen-bond acceptors (Lipinski definition) is 10. The van der Waals surface area contributed by atoms with Gasteiger partial charge in [0.2, 0.25) is 5.95 Å². The molecule has 3 rings (SSSR count). The zero-order valence-corrected chi connectivity index (χ0v) is 26.3. The third-order valence-electron chi connectivity index (χ3n) is 6.78. The number of urea groups is 1. The molecule has 15 heteroatoms. The van der Waals surface area contributed by atoms with Crippen LogP contribution in [0.25, 0.3) is 0 Å². The van der Waals surface area contributed by atoms with E-state index < -0.39 is 17.0 Å². The molecule has 0 aliphatic heterocycles. The lowest BCUT2D eigenvalue weighted by Crippen LogP contribution is -2.31. The van der Waals surface area contributed by atoms with Crippen molar-refractivity contribution in [3.63, 3.8) is 0 Å². The zero-order valence-electron chi connectivity index (χ0n) is 26.3. The number of amides is 3. The van der Waals surface area contributed by atoms with E-state index in [9.17, 15) is 24.5 Å². The SMILES string of the molecule is CCN(CCOC(=O)NCCCCCCNC(=O)Nc1nc(C(C)C)cc(=O)[nH]1)c1ccc(N=Nc2ccc([N+](=O)[O-])cc2)cc1. The van der Waals surface area contributed by atoms with Gasteiger partial charge in [-0.15, -0.1) is 0 Å². The molecule has 2 aromatic carbocycles. The number of carbonyl (C=O) groups is 2. The number of aromatic nitrogens is 2. The maximum atomic E-state index is 12.1. The normalized spacial score (nSPS) is 11.0. The van der Waals surface area contributed by atoms with Crippen molar-refractivity contribution in [2.45, 2.75) is 52.4 Å². The monoisotopic (exact) mass is 635 g/mol. The molecule has 1 aromatic heterocycles. The molecule has 0 saturated carbocycles. The standard InChI is InChI=1S/C31H41N9O6/c1-4-39(25-13-9-23(10-14-25)37-38-24-11-15-26(16-12-24)40(44)45)19-20-46-31(43)33-18-8-6-5-7-17-32-30(42)36-29-34-27(22(2)3)21-28(41)35-29/h9-16,21-22H,4-8,17-20H2,1-3H3,(H,33,43)(H3,32,34,35,36,41,42). The van der Waals surface area contributed by atoms with Gasteiger partial charge in [0.15, 0.2) is 0 Å². The van der Waals surface area contributed by atoms with Gasteiger partial charge in [-0.05, 0) is 62.1 Å². The molecule has 0 unspecified atom stereocenters. The van der Waals surface area contributed by atoms with Gasteiger partial charge in [0.05, 0.1) is 28.5 Å². The summed E-state index contributed by atoms with van der Waals surface area (Å²) in [6.45, 7) is 8.26. The molecule has 46 heavy (non-hydrogen) atoms. The molecule has 3 aromatic rings.